The minimum Gasteiger partial charge on any atom is -0.393 e. The van der Waals surface area contributed by atoms with Gasteiger partial charge in [0.15, 0.2) is 0 Å². The zero-order chi connectivity index (χ0) is 9.54. The SMILES string of the molecule is OC1C2CCC1C(C1CCCCC1)C2. The van der Waals surface area contributed by atoms with Crippen molar-refractivity contribution in [1.29, 1.82) is 0 Å². The monoisotopic (exact) mass is 194 g/mol. The molecule has 3 aliphatic carbocycles. The molecule has 3 saturated carbocycles. The van der Waals surface area contributed by atoms with Gasteiger partial charge in [-0.25, -0.2) is 0 Å². The van der Waals surface area contributed by atoms with E-state index in [0.29, 0.717) is 11.8 Å². The van der Waals surface area contributed by atoms with Gasteiger partial charge in [0.25, 0.3) is 0 Å². The fraction of sp³-hybridized carbons (Fsp3) is 1.00. The molecule has 0 spiro atoms. The van der Waals surface area contributed by atoms with Gasteiger partial charge in [-0.05, 0) is 42.9 Å². The van der Waals surface area contributed by atoms with Gasteiger partial charge in [0.2, 0.25) is 0 Å². The molecule has 0 saturated heterocycles. The molecule has 0 amide bonds. The van der Waals surface area contributed by atoms with Crippen LogP contribution in [0.2, 0.25) is 0 Å². The Balaban J connectivity index is 1.68. The van der Waals surface area contributed by atoms with Gasteiger partial charge in [0.05, 0.1) is 6.10 Å². The molecular weight excluding hydrogens is 172 g/mol. The Labute approximate surface area is 86.9 Å². The van der Waals surface area contributed by atoms with Crippen molar-refractivity contribution in [3.8, 4) is 0 Å². The number of aliphatic hydroxyl groups excluding tert-OH is 1. The first-order chi connectivity index (χ1) is 6.86. The van der Waals surface area contributed by atoms with Gasteiger partial charge in [0.1, 0.15) is 0 Å². The van der Waals surface area contributed by atoms with E-state index >= 15 is 0 Å². The zero-order valence-corrected chi connectivity index (χ0v) is 8.99. The Hall–Kier alpha value is -0.0400. The summed E-state index contributed by atoms with van der Waals surface area (Å²) >= 11 is 0. The lowest BCUT2D eigenvalue weighted by atomic mass is 9.73. The van der Waals surface area contributed by atoms with Crippen molar-refractivity contribution in [2.45, 2.75) is 57.5 Å². The summed E-state index contributed by atoms with van der Waals surface area (Å²) < 4.78 is 0. The topological polar surface area (TPSA) is 20.2 Å². The van der Waals surface area contributed by atoms with Gasteiger partial charge in [-0.1, -0.05) is 32.1 Å². The minimum atomic E-state index is 0.0851. The Morgan fingerprint density at radius 2 is 1.50 bits per heavy atom. The van der Waals surface area contributed by atoms with Crippen molar-refractivity contribution in [2.75, 3.05) is 0 Å². The molecule has 80 valence electrons. The molecule has 0 aromatic carbocycles. The first-order valence-electron chi connectivity index (χ1n) is 6.54. The highest BCUT2D eigenvalue weighted by Gasteiger charge is 2.49. The van der Waals surface area contributed by atoms with E-state index in [1.807, 2.05) is 0 Å². The summed E-state index contributed by atoms with van der Waals surface area (Å²) in [6.45, 7) is 0. The first-order valence-corrected chi connectivity index (χ1v) is 6.54. The van der Waals surface area contributed by atoms with Crippen LogP contribution in [0, 0.1) is 23.7 Å². The third-order valence-electron chi connectivity index (χ3n) is 5.17. The van der Waals surface area contributed by atoms with E-state index in [-0.39, 0.29) is 6.10 Å². The summed E-state index contributed by atoms with van der Waals surface area (Å²) in [5.41, 5.74) is 0. The van der Waals surface area contributed by atoms with Crippen LogP contribution in [0.1, 0.15) is 51.4 Å². The molecule has 1 N–H and O–H groups in total. The molecule has 0 radical (unpaired) electrons. The van der Waals surface area contributed by atoms with Crippen LogP contribution in [-0.2, 0) is 0 Å². The predicted octanol–water partition coefficient (Wildman–Crippen LogP) is 2.97. The molecule has 4 unspecified atom stereocenters. The highest BCUT2D eigenvalue weighted by Crippen LogP contribution is 2.53. The molecule has 14 heavy (non-hydrogen) atoms. The van der Waals surface area contributed by atoms with Crippen molar-refractivity contribution in [2.24, 2.45) is 23.7 Å². The minimum absolute atomic E-state index is 0.0851. The summed E-state index contributed by atoms with van der Waals surface area (Å²) in [5, 5.41) is 10.0. The van der Waals surface area contributed by atoms with Gasteiger partial charge >= 0.3 is 0 Å². The van der Waals surface area contributed by atoms with E-state index < -0.39 is 0 Å². The fourth-order valence-electron chi connectivity index (χ4n) is 4.45. The van der Waals surface area contributed by atoms with Crippen molar-refractivity contribution >= 4 is 0 Å². The normalized spacial score (nSPS) is 48.6. The summed E-state index contributed by atoms with van der Waals surface area (Å²) in [4.78, 5) is 0. The van der Waals surface area contributed by atoms with Crippen LogP contribution < -0.4 is 0 Å². The summed E-state index contributed by atoms with van der Waals surface area (Å²) in [6, 6.07) is 0. The standard InChI is InChI=1S/C13H22O/c14-13-10-6-7-11(13)12(8-10)9-4-2-1-3-5-9/h9-14H,1-8H2. The molecule has 4 atom stereocenters. The van der Waals surface area contributed by atoms with E-state index in [2.05, 4.69) is 0 Å². The Morgan fingerprint density at radius 3 is 2.07 bits per heavy atom. The van der Waals surface area contributed by atoms with Crippen molar-refractivity contribution in [1.82, 2.24) is 0 Å². The molecule has 0 aliphatic heterocycles. The first kappa shape index (κ1) is 9.21. The van der Waals surface area contributed by atoms with Gasteiger partial charge in [-0.15, -0.1) is 0 Å². The third kappa shape index (κ3) is 1.32. The Kier molecular flexibility index (Phi) is 2.31. The largest absolute Gasteiger partial charge is 0.393 e. The second kappa shape index (κ2) is 3.52. The van der Waals surface area contributed by atoms with Crippen LogP contribution in [0.3, 0.4) is 0 Å². The fourth-order valence-corrected chi connectivity index (χ4v) is 4.45. The van der Waals surface area contributed by atoms with Crippen molar-refractivity contribution < 1.29 is 5.11 Å². The lowest BCUT2D eigenvalue weighted by Crippen LogP contribution is -2.25. The number of fused-ring (bicyclic) bond motifs is 2. The van der Waals surface area contributed by atoms with Crippen molar-refractivity contribution in [3.63, 3.8) is 0 Å². The molecule has 1 heteroatoms. The van der Waals surface area contributed by atoms with Crippen molar-refractivity contribution in [3.05, 3.63) is 0 Å². The number of rotatable bonds is 1. The van der Waals surface area contributed by atoms with Gasteiger partial charge in [-0.2, -0.15) is 0 Å². The Bertz CT molecular complexity index is 207. The van der Waals surface area contributed by atoms with E-state index in [1.165, 1.54) is 51.4 Å². The summed E-state index contributed by atoms with van der Waals surface area (Å²) in [7, 11) is 0. The van der Waals surface area contributed by atoms with Crippen LogP contribution >= 0.6 is 0 Å². The van der Waals surface area contributed by atoms with Gasteiger partial charge in [-0.3, -0.25) is 0 Å². The van der Waals surface area contributed by atoms with Crippen LogP contribution in [0.15, 0.2) is 0 Å². The van der Waals surface area contributed by atoms with E-state index in [1.54, 1.807) is 0 Å². The molecule has 3 fully saturated rings. The summed E-state index contributed by atoms with van der Waals surface area (Å²) in [5.74, 6) is 3.27. The van der Waals surface area contributed by atoms with Crippen LogP contribution in [0.4, 0.5) is 0 Å². The molecule has 0 heterocycles. The van der Waals surface area contributed by atoms with Crippen LogP contribution in [0.5, 0.6) is 0 Å². The van der Waals surface area contributed by atoms with E-state index in [4.69, 9.17) is 0 Å². The maximum Gasteiger partial charge on any atom is 0.0599 e. The smallest absolute Gasteiger partial charge is 0.0599 e. The second-order valence-electron chi connectivity index (χ2n) is 5.79. The molecule has 2 bridgehead atoms. The Morgan fingerprint density at radius 1 is 0.714 bits per heavy atom. The van der Waals surface area contributed by atoms with Gasteiger partial charge in [0, 0.05) is 0 Å². The zero-order valence-electron chi connectivity index (χ0n) is 8.99. The molecule has 3 aliphatic rings. The molecule has 0 aromatic rings. The third-order valence-corrected chi connectivity index (χ3v) is 5.17. The lowest BCUT2D eigenvalue weighted by molar-refractivity contribution is 0.103. The maximum absolute atomic E-state index is 10.0. The number of hydrogen-bond donors (Lipinski definition) is 1. The van der Waals surface area contributed by atoms with Gasteiger partial charge < -0.3 is 5.11 Å². The lowest BCUT2D eigenvalue weighted by Gasteiger charge is -2.33. The molecule has 3 rings (SSSR count). The van der Waals surface area contributed by atoms with E-state index in [0.717, 1.165) is 11.8 Å². The highest BCUT2D eigenvalue weighted by molar-refractivity contribution is 4.99. The predicted molar refractivity (Wildman–Crippen MR) is 56.9 cm³/mol. The van der Waals surface area contributed by atoms with Crippen LogP contribution in [-0.4, -0.2) is 11.2 Å². The average Bonchev–Trinajstić information content (AvgIpc) is 2.76. The molecular formula is C13H22O. The second-order valence-corrected chi connectivity index (χ2v) is 5.79. The number of aliphatic hydroxyl groups is 1. The van der Waals surface area contributed by atoms with E-state index in [9.17, 15) is 5.11 Å². The highest BCUT2D eigenvalue weighted by atomic mass is 16.3. The molecule has 0 aromatic heterocycles. The average molecular weight is 194 g/mol. The number of hydrogen-bond acceptors (Lipinski definition) is 1. The summed E-state index contributed by atoms with van der Waals surface area (Å²) in [6.07, 6.45) is 11.4. The molecule has 1 nitrogen and oxygen atoms in total. The maximum atomic E-state index is 10.0. The van der Waals surface area contributed by atoms with Crippen LogP contribution in [0.25, 0.3) is 0 Å². The quantitative estimate of drug-likeness (QED) is 0.680.